The summed E-state index contributed by atoms with van der Waals surface area (Å²) < 4.78 is 0. The Bertz CT molecular complexity index is 917. The number of aryl methyl sites for hydroxylation is 2. The second-order valence-electron chi connectivity index (χ2n) is 7.35. The molecule has 0 aliphatic rings. The molecule has 0 radical (unpaired) electrons. The Morgan fingerprint density at radius 2 is 1.10 bits per heavy atom. The Morgan fingerprint density at radius 3 is 1.52 bits per heavy atom. The zero-order valence-electron chi connectivity index (χ0n) is 16.7. The molecule has 0 amide bonds. The van der Waals surface area contributed by atoms with E-state index in [0.717, 1.165) is 16.7 Å². The van der Waals surface area contributed by atoms with Gasteiger partial charge < -0.3 is 0 Å². The lowest BCUT2D eigenvalue weighted by molar-refractivity contribution is 0.0864. The fourth-order valence-electron chi connectivity index (χ4n) is 3.08. The number of benzene rings is 3. The van der Waals surface area contributed by atoms with Gasteiger partial charge in [-0.05, 0) is 31.5 Å². The monoisotopic (exact) mass is 405 g/mol. The number of hydrogen-bond acceptors (Lipinski definition) is 3. The summed E-state index contributed by atoms with van der Waals surface area (Å²) in [6.07, 6.45) is 0. The highest BCUT2D eigenvalue weighted by molar-refractivity contribution is 6.30. The molecule has 0 aliphatic carbocycles. The van der Waals surface area contributed by atoms with E-state index in [-0.39, 0.29) is 24.7 Å². The molecule has 0 atom stereocenters. The van der Waals surface area contributed by atoms with Crippen LogP contribution >= 0.6 is 11.6 Å². The van der Waals surface area contributed by atoms with Gasteiger partial charge in [-0.2, -0.15) is 0 Å². The lowest BCUT2D eigenvalue weighted by Crippen LogP contribution is -2.34. The molecule has 0 fully saturated rings. The first kappa shape index (κ1) is 21.0. The summed E-state index contributed by atoms with van der Waals surface area (Å²) in [6.45, 7) is 4.81. The van der Waals surface area contributed by atoms with Gasteiger partial charge in [0.1, 0.15) is 0 Å². The maximum atomic E-state index is 12.8. The van der Waals surface area contributed by atoms with Crippen LogP contribution in [0.4, 0.5) is 0 Å². The molecule has 0 saturated heterocycles. The zero-order chi connectivity index (χ0) is 20.8. The molecule has 148 valence electrons. The smallest absolute Gasteiger partial charge is 0.176 e. The van der Waals surface area contributed by atoms with Crippen LogP contribution in [0.5, 0.6) is 0 Å². The van der Waals surface area contributed by atoms with Crippen LogP contribution in [0.1, 0.15) is 37.4 Å². The van der Waals surface area contributed by atoms with Crippen LogP contribution in [-0.4, -0.2) is 29.6 Å². The predicted octanol–water partition coefficient (Wildman–Crippen LogP) is 5.52. The van der Waals surface area contributed by atoms with Crippen molar-refractivity contribution in [1.82, 2.24) is 4.90 Å². The van der Waals surface area contributed by atoms with E-state index < -0.39 is 0 Å². The summed E-state index contributed by atoms with van der Waals surface area (Å²) in [5.74, 6) is -0.00802. The summed E-state index contributed by atoms with van der Waals surface area (Å²) in [5.41, 5.74) is 4.52. The van der Waals surface area contributed by atoms with Crippen LogP contribution in [0, 0.1) is 13.8 Å². The van der Waals surface area contributed by atoms with E-state index in [1.54, 1.807) is 0 Å². The normalized spacial score (nSPS) is 10.9. The van der Waals surface area contributed by atoms with Crippen LogP contribution in [0.2, 0.25) is 5.02 Å². The molecule has 0 heterocycles. The van der Waals surface area contributed by atoms with Gasteiger partial charge in [0.2, 0.25) is 0 Å². The van der Waals surface area contributed by atoms with Crippen molar-refractivity contribution < 1.29 is 9.59 Å². The number of carbonyl (C=O) groups excluding carboxylic acids is 2. The second-order valence-corrected chi connectivity index (χ2v) is 7.79. The van der Waals surface area contributed by atoms with Gasteiger partial charge in [0.15, 0.2) is 11.6 Å². The van der Waals surface area contributed by atoms with Crippen LogP contribution < -0.4 is 0 Å². The molecule has 0 N–H and O–H groups in total. The van der Waals surface area contributed by atoms with Gasteiger partial charge in [-0.3, -0.25) is 14.5 Å². The van der Waals surface area contributed by atoms with Gasteiger partial charge in [0.05, 0.1) is 13.1 Å². The molecular formula is C25H24ClNO2. The zero-order valence-corrected chi connectivity index (χ0v) is 17.4. The summed E-state index contributed by atoms with van der Waals surface area (Å²) in [5, 5.41) is 0.659. The molecule has 29 heavy (non-hydrogen) atoms. The Hall–Kier alpha value is -2.75. The van der Waals surface area contributed by atoms with Crippen molar-refractivity contribution in [3.63, 3.8) is 0 Å². The highest BCUT2D eigenvalue weighted by Crippen LogP contribution is 2.14. The fraction of sp³-hybridized carbons (Fsp3) is 0.200. The lowest BCUT2D eigenvalue weighted by Gasteiger charge is -2.21. The quantitative estimate of drug-likeness (QED) is 0.463. The minimum absolute atomic E-state index is 0.00401. The number of carbonyl (C=O) groups is 2. The molecule has 0 aliphatic heterocycles. The molecule has 0 bridgehead atoms. The Labute approximate surface area is 176 Å². The van der Waals surface area contributed by atoms with Crippen LogP contribution in [0.3, 0.4) is 0 Å². The van der Waals surface area contributed by atoms with Crippen molar-refractivity contribution in [3.05, 3.63) is 106 Å². The largest absolute Gasteiger partial charge is 0.293 e. The summed E-state index contributed by atoms with van der Waals surface area (Å²) in [7, 11) is 0. The fourth-order valence-corrected chi connectivity index (χ4v) is 3.21. The van der Waals surface area contributed by atoms with Gasteiger partial charge in [0.25, 0.3) is 0 Å². The second kappa shape index (κ2) is 9.64. The Morgan fingerprint density at radius 1 is 0.690 bits per heavy atom. The molecular weight excluding hydrogens is 382 g/mol. The Kier molecular flexibility index (Phi) is 6.97. The third kappa shape index (κ3) is 6.11. The first-order chi connectivity index (χ1) is 13.9. The van der Waals surface area contributed by atoms with E-state index in [0.29, 0.717) is 22.7 Å². The van der Waals surface area contributed by atoms with Gasteiger partial charge in [-0.1, -0.05) is 83.4 Å². The minimum Gasteiger partial charge on any atom is -0.293 e. The van der Waals surface area contributed by atoms with E-state index in [2.05, 4.69) is 0 Å². The number of rotatable bonds is 8. The average Bonchev–Trinajstić information content (AvgIpc) is 2.70. The number of hydrogen-bond donors (Lipinski definition) is 0. The molecule has 3 aromatic rings. The summed E-state index contributed by atoms with van der Waals surface area (Å²) in [4.78, 5) is 27.5. The third-order valence-corrected chi connectivity index (χ3v) is 5.05. The molecule has 0 unspecified atom stereocenters. The van der Waals surface area contributed by atoms with E-state index in [4.69, 9.17) is 11.6 Å². The number of ketones is 2. The molecule has 4 heteroatoms. The van der Waals surface area contributed by atoms with Crippen molar-refractivity contribution in [2.45, 2.75) is 20.4 Å². The lowest BCUT2D eigenvalue weighted by atomic mass is 10.1. The minimum atomic E-state index is -0.00401. The van der Waals surface area contributed by atoms with Gasteiger partial charge in [0, 0.05) is 22.7 Å². The molecule has 3 nitrogen and oxygen atoms in total. The van der Waals surface area contributed by atoms with Crippen molar-refractivity contribution >= 4 is 23.2 Å². The molecule has 3 rings (SSSR count). The van der Waals surface area contributed by atoms with Gasteiger partial charge in [-0.25, -0.2) is 0 Å². The van der Waals surface area contributed by atoms with Crippen molar-refractivity contribution in [3.8, 4) is 0 Å². The highest BCUT2D eigenvalue weighted by Gasteiger charge is 2.17. The van der Waals surface area contributed by atoms with E-state index in [1.807, 2.05) is 91.5 Å². The standard InChI is InChI=1S/C25H24ClNO2/c1-18-3-9-21(10-4-18)24(28)16-27(15-20-7-13-23(26)14-8-20)17-25(29)22-11-5-19(2)6-12-22/h3-14H,15-17H2,1-2H3. The van der Waals surface area contributed by atoms with E-state index in [9.17, 15) is 9.59 Å². The van der Waals surface area contributed by atoms with Crippen LogP contribution in [-0.2, 0) is 6.54 Å². The summed E-state index contributed by atoms with van der Waals surface area (Å²) in [6, 6.07) is 22.5. The first-order valence-corrected chi connectivity index (χ1v) is 9.95. The van der Waals surface area contributed by atoms with Crippen molar-refractivity contribution in [1.29, 1.82) is 0 Å². The molecule has 3 aromatic carbocycles. The summed E-state index contributed by atoms with van der Waals surface area (Å²) >= 11 is 5.98. The number of Topliss-reactive ketones (excluding diaryl/α,β-unsaturated/α-hetero) is 2. The van der Waals surface area contributed by atoms with Gasteiger partial charge >= 0.3 is 0 Å². The maximum Gasteiger partial charge on any atom is 0.176 e. The number of halogens is 1. The highest BCUT2D eigenvalue weighted by atomic mass is 35.5. The van der Waals surface area contributed by atoms with Crippen molar-refractivity contribution in [2.75, 3.05) is 13.1 Å². The van der Waals surface area contributed by atoms with E-state index in [1.165, 1.54) is 0 Å². The number of nitrogens with zero attached hydrogens (tertiary/aromatic N) is 1. The van der Waals surface area contributed by atoms with E-state index >= 15 is 0 Å². The van der Waals surface area contributed by atoms with Crippen LogP contribution in [0.15, 0.2) is 72.8 Å². The first-order valence-electron chi connectivity index (χ1n) is 9.57. The maximum absolute atomic E-state index is 12.8. The third-order valence-electron chi connectivity index (χ3n) is 4.80. The Balaban J connectivity index is 1.77. The van der Waals surface area contributed by atoms with Crippen LogP contribution in [0.25, 0.3) is 0 Å². The molecule has 0 saturated carbocycles. The average molecular weight is 406 g/mol. The molecule has 0 aromatic heterocycles. The topological polar surface area (TPSA) is 37.4 Å². The SMILES string of the molecule is Cc1ccc(C(=O)CN(CC(=O)c2ccc(C)cc2)Cc2ccc(Cl)cc2)cc1. The molecule has 0 spiro atoms. The predicted molar refractivity (Wildman–Crippen MR) is 118 cm³/mol. The van der Waals surface area contributed by atoms with Gasteiger partial charge in [-0.15, -0.1) is 0 Å². The van der Waals surface area contributed by atoms with Crippen molar-refractivity contribution in [2.24, 2.45) is 0 Å².